The van der Waals surface area contributed by atoms with Crippen LogP contribution in [-0.2, 0) is 0 Å². The Balaban J connectivity index is 1.74. The van der Waals surface area contributed by atoms with Crippen LogP contribution < -0.4 is 0 Å². The molecule has 1 radical (unpaired) electrons. The van der Waals surface area contributed by atoms with E-state index in [1.807, 2.05) is 0 Å². The molecule has 0 N–H and O–H groups in total. The Kier molecular flexibility index (Phi) is 3.63. The Bertz CT molecular complexity index is 749. The minimum atomic E-state index is 0.538. The van der Waals surface area contributed by atoms with Gasteiger partial charge in [0.15, 0.2) is 7.28 Å². The summed E-state index contributed by atoms with van der Waals surface area (Å²) >= 11 is 0. The molecule has 4 rings (SSSR count). The van der Waals surface area contributed by atoms with Crippen LogP contribution in [0.2, 0.25) is 0 Å². The molecule has 0 bridgehead atoms. The van der Waals surface area contributed by atoms with Gasteiger partial charge in [0.05, 0.1) is 0 Å². The Morgan fingerprint density at radius 2 is 1.78 bits per heavy atom. The third-order valence-corrected chi connectivity index (χ3v) is 6.52. The lowest BCUT2D eigenvalue weighted by Crippen LogP contribution is -2.14. The summed E-state index contributed by atoms with van der Waals surface area (Å²) < 4.78 is 0. The van der Waals surface area contributed by atoms with Crippen LogP contribution in [0.3, 0.4) is 0 Å². The molecule has 117 valence electrons. The van der Waals surface area contributed by atoms with Crippen LogP contribution in [0.4, 0.5) is 0 Å². The van der Waals surface area contributed by atoms with Crippen LogP contribution >= 0.6 is 0 Å². The van der Waals surface area contributed by atoms with Crippen molar-refractivity contribution in [2.24, 2.45) is 11.8 Å². The summed E-state index contributed by atoms with van der Waals surface area (Å²) in [5, 5.41) is 0. The van der Waals surface area contributed by atoms with Gasteiger partial charge >= 0.3 is 0 Å². The van der Waals surface area contributed by atoms with E-state index in [4.69, 9.17) is 0 Å². The van der Waals surface area contributed by atoms with Gasteiger partial charge in [0, 0.05) is 11.8 Å². The fraction of sp³-hybridized carbons (Fsp3) is 0.455. The quantitative estimate of drug-likeness (QED) is 0.444. The molecule has 0 saturated heterocycles. The third-order valence-electron chi connectivity index (χ3n) is 6.52. The van der Waals surface area contributed by atoms with E-state index in [9.17, 15) is 0 Å². The number of allylic oxidation sites excluding steroid dienone is 12. The zero-order valence-electron chi connectivity index (χ0n) is 14.9. The van der Waals surface area contributed by atoms with Crippen LogP contribution in [0.5, 0.6) is 0 Å². The van der Waals surface area contributed by atoms with Crippen molar-refractivity contribution in [1.29, 1.82) is 0 Å². The van der Waals surface area contributed by atoms with Gasteiger partial charge in [-0.3, -0.25) is 0 Å². The molecule has 0 saturated carbocycles. The van der Waals surface area contributed by atoms with Crippen LogP contribution in [0.25, 0.3) is 0 Å². The normalized spacial score (nSPS) is 29.7. The largest absolute Gasteiger partial charge is 0.188 e. The number of fused-ring (bicyclic) bond motifs is 2. The molecule has 0 aliphatic heterocycles. The first-order chi connectivity index (χ1) is 11.1. The molecule has 0 aromatic heterocycles. The smallest absolute Gasteiger partial charge is 0.0888 e. The molecular weight excluding hydrogens is 275 g/mol. The Labute approximate surface area is 141 Å². The van der Waals surface area contributed by atoms with E-state index in [1.165, 1.54) is 42.3 Å². The summed E-state index contributed by atoms with van der Waals surface area (Å²) in [6, 6.07) is 0. The minimum Gasteiger partial charge on any atom is -0.0888 e. The van der Waals surface area contributed by atoms with Gasteiger partial charge in [-0.1, -0.05) is 57.5 Å². The van der Waals surface area contributed by atoms with Gasteiger partial charge in [0.25, 0.3) is 0 Å². The molecule has 4 aliphatic rings. The summed E-state index contributed by atoms with van der Waals surface area (Å²) in [7, 11) is 2.52. The van der Waals surface area contributed by atoms with Gasteiger partial charge in [-0.2, -0.15) is 0 Å². The number of hydrogen-bond donors (Lipinski definition) is 0. The zero-order chi connectivity index (χ0) is 16.1. The highest BCUT2D eigenvalue weighted by molar-refractivity contribution is 6.56. The Morgan fingerprint density at radius 3 is 2.61 bits per heavy atom. The van der Waals surface area contributed by atoms with Crippen molar-refractivity contribution in [3.63, 3.8) is 0 Å². The average molecular weight is 301 g/mol. The maximum atomic E-state index is 2.52. The van der Waals surface area contributed by atoms with E-state index in [1.54, 1.807) is 27.8 Å². The summed E-state index contributed by atoms with van der Waals surface area (Å²) in [5.41, 5.74) is 12.4. The van der Waals surface area contributed by atoms with Crippen LogP contribution in [0.1, 0.15) is 53.4 Å². The van der Waals surface area contributed by atoms with Crippen molar-refractivity contribution in [3.8, 4) is 0 Å². The monoisotopic (exact) mass is 301 g/mol. The van der Waals surface area contributed by atoms with E-state index in [0.29, 0.717) is 11.8 Å². The second-order valence-electron chi connectivity index (χ2n) is 7.53. The molecule has 0 nitrogen and oxygen atoms in total. The molecule has 0 amide bonds. The first-order valence-electron chi connectivity index (χ1n) is 9.10. The van der Waals surface area contributed by atoms with Gasteiger partial charge in [-0.15, -0.1) is 0 Å². The lowest BCUT2D eigenvalue weighted by molar-refractivity contribution is 0.651. The molecule has 0 aromatic rings. The molecule has 1 heteroatoms. The van der Waals surface area contributed by atoms with Crippen molar-refractivity contribution in [3.05, 3.63) is 68.7 Å². The highest BCUT2D eigenvalue weighted by Gasteiger charge is 2.34. The Hall–Kier alpha value is -1.50. The van der Waals surface area contributed by atoms with Crippen molar-refractivity contribution in [2.45, 2.75) is 53.4 Å². The SMILES string of the molecule is CC1=C([B]C2=C3C=CCCC3C(C)=C2C)C2C=CCCC2=C1C. The first-order valence-corrected chi connectivity index (χ1v) is 9.10. The molecule has 0 spiro atoms. The molecule has 2 unspecified atom stereocenters. The summed E-state index contributed by atoms with van der Waals surface area (Å²) in [4.78, 5) is 0. The topological polar surface area (TPSA) is 0 Å². The standard InChI is InChI=1S/C22H26B/c1-13-15(3)21(19-11-7-5-9-17(13)19)23-22-16(4)14(2)18-10-6-8-12-20(18)22/h7-8,11-12,17,20H,5-6,9-10H2,1-4H3. The van der Waals surface area contributed by atoms with Gasteiger partial charge < -0.3 is 0 Å². The van der Waals surface area contributed by atoms with Crippen molar-refractivity contribution in [2.75, 3.05) is 0 Å². The predicted molar refractivity (Wildman–Crippen MR) is 100 cm³/mol. The molecule has 0 aromatic carbocycles. The average Bonchev–Trinajstić information content (AvgIpc) is 2.97. The molecule has 0 fully saturated rings. The van der Waals surface area contributed by atoms with E-state index in [0.717, 1.165) is 0 Å². The van der Waals surface area contributed by atoms with Gasteiger partial charge in [0.1, 0.15) is 0 Å². The van der Waals surface area contributed by atoms with Gasteiger partial charge in [0.2, 0.25) is 0 Å². The highest BCUT2D eigenvalue weighted by atomic mass is 14.3. The van der Waals surface area contributed by atoms with Crippen molar-refractivity contribution >= 4 is 7.28 Å². The molecular formula is C22H26B. The van der Waals surface area contributed by atoms with Crippen LogP contribution in [-0.4, -0.2) is 7.28 Å². The van der Waals surface area contributed by atoms with Gasteiger partial charge in [-0.25, -0.2) is 0 Å². The fourth-order valence-corrected chi connectivity index (χ4v) is 4.85. The molecule has 2 atom stereocenters. The van der Waals surface area contributed by atoms with Crippen molar-refractivity contribution < 1.29 is 0 Å². The second kappa shape index (κ2) is 5.55. The third kappa shape index (κ3) is 2.20. The van der Waals surface area contributed by atoms with Gasteiger partial charge in [-0.05, 0) is 64.5 Å². The maximum Gasteiger partial charge on any atom is 0.188 e. The predicted octanol–water partition coefficient (Wildman–Crippen LogP) is 5.83. The first kappa shape index (κ1) is 15.1. The molecule has 4 aliphatic carbocycles. The molecule has 23 heavy (non-hydrogen) atoms. The number of rotatable bonds is 2. The fourth-order valence-electron chi connectivity index (χ4n) is 4.85. The van der Waals surface area contributed by atoms with Crippen molar-refractivity contribution in [1.82, 2.24) is 0 Å². The van der Waals surface area contributed by atoms with E-state index in [2.05, 4.69) is 59.3 Å². The lowest BCUT2D eigenvalue weighted by atomic mass is 9.55. The highest BCUT2D eigenvalue weighted by Crippen LogP contribution is 2.46. The lowest BCUT2D eigenvalue weighted by Gasteiger charge is -2.21. The summed E-state index contributed by atoms with van der Waals surface area (Å²) in [6.45, 7) is 9.30. The molecule has 0 heterocycles. The van der Waals surface area contributed by atoms with E-state index >= 15 is 0 Å². The number of hydrogen-bond acceptors (Lipinski definition) is 0. The van der Waals surface area contributed by atoms with Crippen LogP contribution in [0, 0.1) is 11.8 Å². The summed E-state index contributed by atoms with van der Waals surface area (Å²) in [6.07, 6.45) is 14.5. The minimum absolute atomic E-state index is 0.538. The maximum absolute atomic E-state index is 2.52. The second-order valence-corrected chi connectivity index (χ2v) is 7.53. The van der Waals surface area contributed by atoms with Crippen LogP contribution in [0.15, 0.2) is 68.7 Å². The van der Waals surface area contributed by atoms with E-state index < -0.39 is 0 Å². The zero-order valence-corrected chi connectivity index (χ0v) is 14.9. The van der Waals surface area contributed by atoms with E-state index in [-0.39, 0.29) is 0 Å². The summed E-state index contributed by atoms with van der Waals surface area (Å²) in [5.74, 6) is 1.21. The Morgan fingerprint density at radius 1 is 0.957 bits per heavy atom.